The van der Waals surface area contributed by atoms with E-state index in [1.54, 1.807) is 0 Å². The van der Waals surface area contributed by atoms with Gasteiger partial charge in [-0.1, -0.05) is 42.0 Å². The van der Waals surface area contributed by atoms with Gasteiger partial charge >= 0.3 is 0 Å². The van der Waals surface area contributed by atoms with Crippen molar-refractivity contribution in [3.05, 3.63) is 47.0 Å². The summed E-state index contributed by atoms with van der Waals surface area (Å²) in [6.45, 7) is 4.47. The normalized spacial score (nSPS) is 16.1. The molecule has 0 spiro atoms. The molecule has 0 atom stereocenters. The van der Waals surface area contributed by atoms with Gasteiger partial charge in [0, 0.05) is 0 Å². The third-order valence-electron chi connectivity index (χ3n) is 2.99. The van der Waals surface area contributed by atoms with E-state index in [9.17, 15) is 0 Å². The molecule has 0 saturated carbocycles. The number of hydrogen-bond acceptors (Lipinski definition) is 0. The number of allylic oxidation sites excluding steroid dienone is 3. The first-order valence-corrected chi connectivity index (χ1v) is 5.21. The molecule has 1 aliphatic rings. The molecule has 2 rings (SSSR count). The predicted octanol–water partition coefficient (Wildman–Crippen LogP) is 4.29. The van der Waals surface area contributed by atoms with Crippen LogP contribution in [0, 0.1) is 0 Å². The number of benzene rings is 1. The third kappa shape index (κ3) is 1.65. The molecular formula is C14H16. The van der Waals surface area contributed by atoms with Crippen molar-refractivity contribution in [2.75, 3.05) is 0 Å². The van der Waals surface area contributed by atoms with E-state index >= 15 is 0 Å². The zero-order chi connectivity index (χ0) is 9.97. The first-order chi connectivity index (χ1) is 6.79. The largest absolute Gasteiger partial charge is 0.0836 e. The van der Waals surface area contributed by atoms with Gasteiger partial charge in [-0.3, -0.25) is 0 Å². The maximum absolute atomic E-state index is 2.27. The molecule has 14 heavy (non-hydrogen) atoms. The average molecular weight is 184 g/mol. The van der Waals surface area contributed by atoms with Crippen LogP contribution in [-0.2, 0) is 0 Å². The van der Waals surface area contributed by atoms with Gasteiger partial charge in [-0.15, -0.1) is 0 Å². The Labute approximate surface area is 86.0 Å². The van der Waals surface area contributed by atoms with E-state index in [-0.39, 0.29) is 0 Å². The number of hydrogen-bond donors (Lipinski definition) is 0. The van der Waals surface area contributed by atoms with Gasteiger partial charge in [-0.05, 0) is 43.4 Å². The van der Waals surface area contributed by atoms with Crippen molar-refractivity contribution >= 4 is 11.6 Å². The molecule has 1 aromatic carbocycles. The van der Waals surface area contributed by atoms with Crippen LogP contribution >= 0.6 is 0 Å². The van der Waals surface area contributed by atoms with Crippen LogP contribution in [0.4, 0.5) is 0 Å². The molecule has 0 bridgehead atoms. The smallest absolute Gasteiger partial charge is 0.0155 e. The van der Waals surface area contributed by atoms with Gasteiger partial charge in [0.25, 0.3) is 0 Å². The van der Waals surface area contributed by atoms with E-state index < -0.39 is 0 Å². The molecule has 1 aromatic rings. The van der Waals surface area contributed by atoms with Gasteiger partial charge in [-0.2, -0.15) is 0 Å². The highest BCUT2D eigenvalue weighted by atomic mass is 14.1. The first-order valence-electron chi connectivity index (χ1n) is 5.21. The van der Waals surface area contributed by atoms with E-state index in [1.165, 1.54) is 28.7 Å². The summed E-state index contributed by atoms with van der Waals surface area (Å²) in [6.07, 6.45) is 6.87. The van der Waals surface area contributed by atoms with E-state index in [4.69, 9.17) is 0 Å². The molecule has 0 heteroatoms. The van der Waals surface area contributed by atoms with Crippen LogP contribution in [0.2, 0.25) is 0 Å². The Kier molecular flexibility index (Phi) is 2.53. The highest BCUT2D eigenvalue weighted by Gasteiger charge is 2.05. The SMILES string of the molecule is CC1=C(C)c2ccccc2C=CCC1. The van der Waals surface area contributed by atoms with Crippen LogP contribution in [0.25, 0.3) is 11.6 Å². The van der Waals surface area contributed by atoms with Crippen LogP contribution < -0.4 is 0 Å². The van der Waals surface area contributed by atoms with Crippen molar-refractivity contribution in [3.8, 4) is 0 Å². The number of fused-ring (bicyclic) bond motifs is 1. The Hall–Kier alpha value is -1.30. The summed E-state index contributed by atoms with van der Waals surface area (Å²) in [7, 11) is 0. The molecule has 0 aromatic heterocycles. The molecule has 72 valence electrons. The Morgan fingerprint density at radius 1 is 1.07 bits per heavy atom. The summed E-state index contributed by atoms with van der Waals surface area (Å²) < 4.78 is 0. The van der Waals surface area contributed by atoms with Gasteiger partial charge in [0.15, 0.2) is 0 Å². The molecule has 0 N–H and O–H groups in total. The topological polar surface area (TPSA) is 0 Å². The lowest BCUT2D eigenvalue weighted by molar-refractivity contribution is 0.979. The van der Waals surface area contributed by atoms with Gasteiger partial charge in [-0.25, -0.2) is 0 Å². The van der Waals surface area contributed by atoms with Crippen LogP contribution in [0.3, 0.4) is 0 Å². The van der Waals surface area contributed by atoms with Crippen molar-refractivity contribution in [2.45, 2.75) is 26.7 Å². The lowest BCUT2D eigenvalue weighted by Gasteiger charge is -2.13. The minimum absolute atomic E-state index is 1.16. The zero-order valence-corrected chi connectivity index (χ0v) is 8.88. The summed E-state index contributed by atoms with van der Waals surface area (Å²) in [4.78, 5) is 0. The standard InChI is InChI=1S/C14H16/c1-11-7-3-4-8-13-9-5-6-10-14(13)12(11)2/h4-6,8-10H,3,7H2,1-2H3. The van der Waals surface area contributed by atoms with Crippen molar-refractivity contribution in [1.82, 2.24) is 0 Å². The van der Waals surface area contributed by atoms with Crippen molar-refractivity contribution in [3.63, 3.8) is 0 Å². The van der Waals surface area contributed by atoms with Gasteiger partial charge < -0.3 is 0 Å². The van der Waals surface area contributed by atoms with E-state index in [0.29, 0.717) is 0 Å². The molecule has 0 heterocycles. The molecular weight excluding hydrogens is 168 g/mol. The molecule has 1 aliphatic carbocycles. The quantitative estimate of drug-likeness (QED) is 0.564. The Morgan fingerprint density at radius 3 is 2.71 bits per heavy atom. The predicted molar refractivity (Wildman–Crippen MR) is 63.0 cm³/mol. The second kappa shape index (κ2) is 3.83. The molecule has 0 unspecified atom stereocenters. The summed E-state index contributed by atoms with van der Waals surface area (Å²) in [5.74, 6) is 0. The fourth-order valence-electron chi connectivity index (χ4n) is 1.91. The van der Waals surface area contributed by atoms with Gasteiger partial charge in [0.05, 0.1) is 0 Å². The summed E-state index contributed by atoms with van der Waals surface area (Å²) in [5.41, 5.74) is 5.71. The summed E-state index contributed by atoms with van der Waals surface area (Å²) in [6, 6.07) is 8.62. The molecule has 0 radical (unpaired) electrons. The van der Waals surface area contributed by atoms with Gasteiger partial charge in [0.1, 0.15) is 0 Å². The fraction of sp³-hybridized carbons (Fsp3) is 0.286. The molecule has 0 aliphatic heterocycles. The summed E-state index contributed by atoms with van der Waals surface area (Å²) in [5, 5.41) is 0. The Bertz CT molecular complexity index is 394. The van der Waals surface area contributed by atoms with Crippen LogP contribution in [0.5, 0.6) is 0 Å². The van der Waals surface area contributed by atoms with E-state index in [1.807, 2.05) is 0 Å². The van der Waals surface area contributed by atoms with Crippen molar-refractivity contribution in [1.29, 1.82) is 0 Å². The fourth-order valence-corrected chi connectivity index (χ4v) is 1.91. The van der Waals surface area contributed by atoms with Crippen LogP contribution in [0.15, 0.2) is 35.9 Å². The lowest BCUT2D eigenvalue weighted by atomic mass is 9.93. The monoisotopic (exact) mass is 184 g/mol. The second-order valence-electron chi connectivity index (χ2n) is 3.93. The minimum atomic E-state index is 1.16. The molecule has 0 saturated heterocycles. The van der Waals surface area contributed by atoms with Crippen LogP contribution in [-0.4, -0.2) is 0 Å². The highest BCUT2D eigenvalue weighted by Crippen LogP contribution is 2.27. The van der Waals surface area contributed by atoms with Gasteiger partial charge in [0.2, 0.25) is 0 Å². The highest BCUT2D eigenvalue weighted by molar-refractivity contribution is 5.75. The molecule has 0 nitrogen and oxygen atoms in total. The Balaban J connectivity index is 2.60. The third-order valence-corrected chi connectivity index (χ3v) is 2.99. The van der Waals surface area contributed by atoms with E-state index in [2.05, 4.69) is 50.3 Å². The second-order valence-corrected chi connectivity index (χ2v) is 3.93. The lowest BCUT2D eigenvalue weighted by Crippen LogP contribution is -1.91. The van der Waals surface area contributed by atoms with Crippen molar-refractivity contribution in [2.24, 2.45) is 0 Å². The maximum atomic E-state index is 2.27. The van der Waals surface area contributed by atoms with Crippen LogP contribution in [0.1, 0.15) is 37.8 Å². The number of rotatable bonds is 0. The Morgan fingerprint density at radius 2 is 1.86 bits per heavy atom. The zero-order valence-electron chi connectivity index (χ0n) is 8.88. The average Bonchev–Trinajstić information content (AvgIpc) is 2.22. The van der Waals surface area contributed by atoms with E-state index in [0.717, 1.165) is 6.42 Å². The minimum Gasteiger partial charge on any atom is -0.0836 e. The maximum Gasteiger partial charge on any atom is -0.0155 e. The molecule has 0 amide bonds. The summed E-state index contributed by atoms with van der Waals surface area (Å²) >= 11 is 0. The molecule has 0 fully saturated rings. The first kappa shape index (κ1) is 9.26. The van der Waals surface area contributed by atoms with Crippen molar-refractivity contribution < 1.29 is 0 Å².